The molecule has 1 N–H and O–H groups in total. The van der Waals surface area contributed by atoms with Crippen molar-refractivity contribution in [2.24, 2.45) is 0 Å². The van der Waals surface area contributed by atoms with E-state index in [-0.39, 0.29) is 30.5 Å². The van der Waals surface area contributed by atoms with Gasteiger partial charge in [0, 0.05) is 31.3 Å². The molecule has 0 spiro atoms. The molecule has 0 saturated carbocycles. The van der Waals surface area contributed by atoms with Gasteiger partial charge in [0.15, 0.2) is 0 Å². The topological polar surface area (TPSA) is 49.4 Å². The number of carbonyl (C=O) groups is 2. The smallest absolute Gasteiger partial charge is 0.326 e. The number of rotatable bonds is 5. The maximum Gasteiger partial charge on any atom is 0.416 e. The maximum atomic E-state index is 12.6. The number of alkyl halides is 3. The molecule has 0 heterocycles. The van der Waals surface area contributed by atoms with Crippen LogP contribution in [0.5, 0.6) is 0 Å². The molecule has 4 nitrogen and oxygen atoms in total. The third-order valence-electron chi connectivity index (χ3n) is 4.34. The zero-order valence-electron chi connectivity index (χ0n) is 16.3. The Balaban J connectivity index is 2.06. The van der Waals surface area contributed by atoms with Crippen LogP contribution < -0.4 is 10.2 Å². The summed E-state index contributed by atoms with van der Waals surface area (Å²) in [5.41, 5.74) is 3.24. The van der Waals surface area contributed by atoms with E-state index in [9.17, 15) is 22.8 Å². The van der Waals surface area contributed by atoms with Crippen molar-refractivity contribution in [3.8, 4) is 0 Å². The summed E-state index contributed by atoms with van der Waals surface area (Å²) in [6.07, 6.45) is -4.40. The third-order valence-corrected chi connectivity index (χ3v) is 4.34. The fraction of sp³-hybridized carbons (Fsp3) is 0.333. The van der Waals surface area contributed by atoms with Gasteiger partial charge in [-0.05, 0) is 56.2 Å². The van der Waals surface area contributed by atoms with Gasteiger partial charge < -0.3 is 10.2 Å². The Morgan fingerprint density at radius 3 is 2.00 bits per heavy atom. The predicted octanol–water partition coefficient (Wildman–Crippen LogP) is 5.01. The summed E-state index contributed by atoms with van der Waals surface area (Å²) >= 11 is 0. The first-order valence-electron chi connectivity index (χ1n) is 8.82. The highest BCUT2D eigenvalue weighted by atomic mass is 19.4. The summed E-state index contributed by atoms with van der Waals surface area (Å²) in [7, 11) is 0. The minimum absolute atomic E-state index is 0.0212. The largest absolute Gasteiger partial charge is 0.416 e. The van der Waals surface area contributed by atoms with Gasteiger partial charge in [0.1, 0.15) is 0 Å². The van der Waals surface area contributed by atoms with Crippen LogP contribution in [0.4, 0.5) is 24.5 Å². The molecule has 0 fully saturated rings. The highest BCUT2D eigenvalue weighted by Crippen LogP contribution is 2.30. The molecule has 2 rings (SSSR count). The van der Waals surface area contributed by atoms with Crippen LogP contribution in [0.15, 0.2) is 36.4 Å². The van der Waals surface area contributed by atoms with Gasteiger partial charge in [0.25, 0.3) is 0 Å². The van der Waals surface area contributed by atoms with E-state index in [4.69, 9.17) is 0 Å². The van der Waals surface area contributed by atoms with Gasteiger partial charge in [-0.1, -0.05) is 17.7 Å². The molecule has 0 unspecified atom stereocenters. The van der Waals surface area contributed by atoms with Crippen molar-refractivity contribution in [2.45, 2.75) is 40.3 Å². The lowest BCUT2D eigenvalue weighted by Crippen LogP contribution is -2.33. The fourth-order valence-electron chi connectivity index (χ4n) is 3.20. The number of benzene rings is 2. The molecule has 150 valence electrons. The minimum atomic E-state index is -4.42. The molecule has 0 bridgehead atoms. The van der Waals surface area contributed by atoms with Gasteiger partial charge in [0.05, 0.1) is 5.56 Å². The summed E-state index contributed by atoms with van der Waals surface area (Å²) in [6.45, 7) is 7.40. The van der Waals surface area contributed by atoms with Gasteiger partial charge in [-0.15, -0.1) is 0 Å². The Morgan fingerprint density at radius 2 is 1.54 bits per heavy atom. The fourth-order valence-corrected chi connectivity index (χ4v) is 3.20. The van der Waals surface area contributed by atoms with Crippen LogP contribution >= 0.6 is 0 Å². The van der Waals surface area contributed by atoms with Crippen molar-refractivity contribution < 1.29 is 22.8 Å². The third kappa shape index (κ3) is 5.34. The molecule has 0 saturated heterocycles. The molecule has 28 heavy (non-hydrogen) atoms. The number of hydrogen-bond acceptors (Lipinski definition) is 2. The van der Waals surface area contributed by atoms with Crippen LogP contribution in [0.25, 0.3) is 0 Å². The summed E-state index contributed by atoms with van der Waals surface area (Å²) in [5.74, 6) is -0.564. The van der Waals surface area contributed by atoms with Crippen LogP contribution in [0.1, 0.15) is 35.6 Å². The Morgan fingerprint density at radius 1 is 1.00 bits per heavy atom. The molecule has 2 amide bonds. The van der Waals surface area contributed by atoms with Crippen molar-refractivity contribution in [2.75, 3.05) is 16.8 Å². The second-order valence-electron chi connectivity index (χ2n) is 6.79. The van der Waals surface area contributed by atoms with E-state index in [0.29, 0.717) is 0 Å². The molecule has 0 aliphatic carbocycles. The summed E-state index contributed by atoms with van der Waals surface area (Å²) in [6, 6.07) is 8.18. The maximum absolute atomic E-state index is 12.6. The molecule has 7 heteroatoms. The molecular formula is C21H23F3N2O2. The Labute approximate surface area is 162 Å². The molecule has 0 radical (unpaired) electrons. The van der Waals surface area contributed by atoms with Crippen molar-refractivity contribution in [1.29, 1.82) is 0 Å². The lowest BCUT2D eigenvalue weighted by molar-refractivity contribution is -0.137. The molecule has 2 aromatic carbocycles. The number of anilines is 2. The first kappa shape index (κ1) is 21.5. The molecule has 0 aliphatic heterocycles. The number of amides is 2. The van der Waals surface area contributed by atoms with Crippen LogP contribution in [-0.4, -0.2) is 18.4 Å². The van der Waals surface area contributed by atoms with Crippen molar-refractivity contribution in [1.82, 2.24) is 0 Å². The van der Waals surface area contributed by atoms with Gasteiger partial charge in [-0.25, -0.2) is 0 Å². The SMILES string of the molecule is CC(=O)N(CCC(=O)Nc1ccc(C(F)(F)F)cc1)c1c(C)cc(C)cc1C. The van der Waals surface area contributed by atoms with E-state index in [2.05, 4.69) is 5.32 Å². The van der Waals surface area contributed by atoms with E-state index in [0.717, 1.165) is 34.5 Å². The first-order valence-corrected chi connectivity index (χ1v) is 8.82. The summed E-state index contributed by atoms with van der Waals surface area (Å²) < 4.78 is 37.8. The molecule has 2 aromatic rings. The Bertz CT molecular complexity index is 851. The lowest BCUT2D eigenvalue weighted by Gasteiger charge is -2.25. The monoisotopic (exact) mass is 392 g/mol. The number of nitrogens with one attached hydrogen (secondary N) is 1. The standard InChI is InChI=1S/C21H23F3N2O2/c1-13-11-14(2)20(15(3)12-13)26(16(4)27)10-9-19(28)25-18-7-5-17(6-8-18)21(22,23)24/h5-8,11-12H,9-10H2,1-4H3,(H,25,28). The van der Waals surface area contributed by atoms with Gasteiger partial charge in [-0.3, -0.25) is 9.59 Å². The zero-order chi connectivity index (χ0) is 21.1. The second-order valence-corrected chi connectivity index (χ2v) is 6.79. The number of aryl methyl sites for hydroxylation is 3. The first-order chi connectivity index (χ1) is 13.0. The number of carbonyl (C=O) groups excluding carboxylic acids is 2. The average Bonchev–Trinajstić information content (AvgIpc) is 2.56. The highest BCUT2D eigenvalue weighted by molar-refractivity contribution is 5.95. The minimum Gasteiger partial charge on any atom is -0.326 e. The van der Waals surface area contributed by atoms with Crippen LogP contribution in [0, 0.1) is 20.8 Å². The van der Waals surface area contributed by atoms with Gasteiger partial charge in [0.2, 0.25) is 11.8 Å². The van der Waals surface area contributed by atoms with Gasteiger partial charge >= 0.3 is 6.18 Å². The van der Waals surface area contributed by atoms with E-state index in [1.807, 2.05) is 32.9 Å². The van der Waals surface area contributed by atoms with Crippen LogP contribution in [-0.2, 0) is 15.8 Å². The average molecular weight is 392 g/mol. The highest BCUT2D eigenvalue weighted by Gasteiger charge is 2.30. The lowest BCUT2D eigenvalue weighted by atomic mass is 10.0. The quantitative estimate of drug-likeness (QED) is 0.777. The Kier molecular flexibility index (Phi) is 6.48. The predicted molar refractivity (Wildman–Crippen MR) is 103 cm³/mol. The molecular weight excluding hydrogens is 369 g/mol. The number of nitrogens with zero attached hydrogens (tertiary/aromatic N) is 1. The van der Waals surface area contributed by atoms with Crippen molar-refractivity contribution >= 4 is 23.2 Å². The van der Waals surface area contributed by atoms with E-state index < -0.39 is 11.7 Å². The number of hydrogen-bond donors (Lipinski definition) is 1. The van der Waals surface area contributed by atoms with E-state index in [1.165, 1.54) is 19.1 Å². The summed E-state index contributed by atoms with van der Waals surface area (Å²) in [5, 5.41) is 2.56. The van der Waals surface area contributed by atoms with E-state index >= 15 is 0 Å². The second kappa shape index (κ2) is 8.46. The zero-order valence-corrected chi connectivity index (χ0v) is 16.3. The molecule has 0 aromatic heterocycles. The van der Waals surface area contributed by atoms with Gasteiger partial charge in [-0.2, -0.15) is 13.2 Å². The van der Waals surface area contributed by atoms with Crippen molar-refractivity contribution in [3.05, 3.63) is 58.7 Å². The van der Waals surface area contributed by atoms with E-state index in [1.54, 1.807) is 4.90 Å². The van der Waals surface area contributed by atoms with Crippen molar-refractivity contribution in [3.63, 3.8) is 0 Å². The normalized spacial score (nSPS) is 11.2. The summed E-state index contributed by atoms with van der Waals surface area (Å²) in [4.78, 5) is 25.9. The molecule has 0 atom stereocenters. The number of halogens is 3. The van der Waals surface area contributed by atoms with Crippen LogP contribution in [0.2, 0.25) is 0 Å². The molecule has 0 aliphatic rings. The Hall–Kier alpha value is -2.83. The van der Waals surface area contributed by atoms with Crippen LogP contribution in [0.3, 0.4) is 0 Å².